The molecule has 3 rings (SSSR count). The van der Waals surface area contributed by atoms with Crippen molar-refractivity contribution < 1.29 is 28.7 Å². The molecule has 50 heavy (non-hydrogen) atoms. The Morgan fingerprint density at radius 2 is 1.26 bits per heavy atom. The van der Waals surface area contributed by atoms with Crippen LogP contribution in [0.15, 0.2) is 79.0 Å². The van der Waals surface area contributed by atoms with E-state index in [1.165, 1.54) is 14.2 Å². The van der Waals surface area contributed by atoms with Crippen LogP contribution in [0.1, 0.15) is 59.1 Å². The molecule has 0 aliphatic rings. The fourth-order valence-electron chi connectivity index (χ4n) is 5.35. The van der Waals surface area contributed by atoms with Crippen LogP contribution < -0.4 is 21.4 Å². The number of hydrazine groups is 1. The lowest BCUT2D eigenvalue weighted by atomic mass is 9.86. The van der Waals surface area contributed by atoms with E-state index in [0.717, 1.165) is 22.4 Å². The van der Waals surface area contributed by atoms with E-state index >= 15 is 0 Å². The van der Waals surface area contributed by atoms with Crippen molar-refractivity contribution in [2.24, 2.45) is 10.8 Å². The molecule has 4 N–H and O–H groups in total. The summed E-state index contributed by atoms with van der Waals surface area (Å²) in [6, 6.07) is 21.3. The second kappa shape index (κ2) is 18.1. The van der Waals surface area contributed by atoms with Crippen LogP contribution in [0.25, 0.3) is 11.3 Å². The molecule has 1 aromatic heterocycles. The van der Waals surface area contributed by atoms with Gasteiger partial charge in [-0.3, -0.25) is 20.0 Å². The Kier molecular flexibility index (Phi) is 14.3. The molecule has 12 heteroatoms. The Hall–Kier alpha value is -4.97. The lowest BCUT2D eigenvalue weighted by Crippen LogP contribution is -2.58. The molecule has 1 heterocycles. The molecular formula is C38H52N6O6. The van der Waals surface area contributed by atoms with Crippen LogP contribution in [0.2, 0.25) is 0 Å². The van der Waals surface area contributed by atoms with Gasteiger partial charge in [-0.2, -0.15) is 0 Å². The highest BCUT2D eigenvalue weighted by Crippen LogP contribution is 2.22. The SMILES string of the molecule is COC(=O)NC(C(=O)NC(CCN(Cc1ccc(-c2ccccn2)cc1)NC(=O)C(NC(=O)OC)C(C)(C)C)Cc1ccccc1)C(C)(C)C. The number of carbonyl (C=O) groups excluding carboxylic acids is 4. The summed E-state index contributed by atoms with van der Waals surface area (Å²) in [5.41, 5.74) is 5.54. The third-order valence-corrected chi connectivity index (χ3v) is 8.13. The van der Waals surface area contributed by atoms with Crippen molar-refractivity contribution in [1.29, 1.82) is 0 Å². The smallest absolute Gasteiger partial charge is 0.407 e. The van der Waals surface area contributed by atoms with Crippen LogP contribution in [0.3, 0.4) is 0 Å². The number of hydrogen-bond acceptors (Lipinski definition) is 8. The van der Waals surface area contributed by atoms with Crippen molar-refractivity contribution in [2.75, 3.05) is 20.8 Å². The van der Waals surface area contributed by atoms with Gasteiger partial charge in [-0.15, -0.1) is 0 Å². The van der Waals surface area contributed by atoms with E-state index in [4.69, 9.17) is 9.47 Å². The average molecular weight is 689 g/mol. The number of alkyl carbamates (subject to hydrolysis) is 2. The summed E-state index contributed by atoms with van der Waals surface area (Å²) in [6.07, 6.45) is 1.28. The van der Waals surface area contributed by atoms with Gasteiger partial charge in [0, 0.05) is 30.9 Å². The fourth-order valence-corrected chi connectivity index (χ4v) is 5.35. The molecule has 0 radical (unpaired) electrons. The Labute approximate surface area is 295 Å². The molecule has 0 bridgehead atoms. The van der Waals surface area contributed by atoms with E-state index in [0.29, 0.717) is 25.9 Å². The second-order valence-corrected chi connectivity index (χ2v) is 14.4. The van der Waals surface area contributed by atoms with Crippen molar-refractivity contribution in [1.82, 2.24) is 31.4 Å². The van der Waals surface area contributed by atoms with Crippen molar-refractivity contribution in [3.05, 3.63) is 90.1 Å². The lowest BCUT2D eigenvalue weighted by molar-refractivity contribution is -0.131. The number of amides is 4. The van der Waals surface area contributed by atoms with E-state index in [1.807, 2.05) is 114 Å². The van der Waals surface area contributed by atoms with Crippen LogP contribution in [0.4, 0.5) is 9.59 Å². The topological polar surface area (TPSA) is 151 Å². The van der Waals surface area contributed by atoms with Gasteiger partial charge in [-0.05, 0) is 46.9 Å². The van der Waals surface area contributed by atoms with Crippen LogP contribution in [0.5, 0.6) is 0 Å². The first-order chi connectivity index (χ1) is 23.6. The maximum Gasteiger partial charge on any atom is 0.407 e. The summed E-state index contributed by atoms with van der Waals surface area (Å²) in [7, 11) is 2.51. The third-order valence-electron chi connectivity index (χ3n) is 8.13. The molecule has 270 valence electrons. The molecule has 3 atom stereocenters. The normalized spacial score (nSPS) is 13.4. The van der Waals surface area contributed by atoms with Crippen LogP contribution in [0, 0.1) is 10.8 Å². The molecule has 12 nitrogen and oxygen atoms in total. The third kappa shape index (κ3) is 12.5. The van der Waals surface area contributed by atoms with E-state index in [1.54, 1.807) is 11.2 Å². The zero-order chi connectivity index (χ0) is 36.9. The molecule has 0 fully saturated rings. The van der Waals surface area contributed by atoms with Gasteiger partial charge in [-0.25, -0.2) is 14.6 Å². The van der Waals surface area contributed by atoms with Crippen LogP contribution >= 0.6 is 0 Å². The molecule has 0 saturated carbocycles. The second-order valence-electron chi connectivity index (χ2n) is 14.4. The fraction of sp³-hybridized carbons (Fsp3) is 0.447. The molecule has 4 amide bonds. The minimum absolute atomic E-state index is 0.337. The summed E-state index contributed by atoms with van der Waals surface area (Å²) in [5.74, 6) is -0.758. The minimum Gasteiger partial charge on any atom is -0.453 e. The highest BCUT2D eigenvalue weighted by Gasteiger charge is 2.36. The van der Waals surface area contributed by atoms with Crippen molar-refractivity contribution in [3.8, 4) is 11.3 Å². The maximum absolute atomic E-state index is 13.8. The van der Waals surface area contributed by atoms with Crippen LogP contribution in [-0.4, -0.2) is 72.9 Å². The van der Waals surface area contributed by atoms with Crippen molar-refractivity contribution in [2.45, 2.75) is 79.1 Å². The Morgan fingerprint density at radius 1 is 0.700 bits per heavy atom. The first-order valence-corrected chi connectivity index (χ1v) is 16.7. The number of nitrogens with zero attached hydrogens (tertiary/aromatic N) is 2. The number of carbonyl (C=O) groups is 4. The van der Waals surface area contributed by atoms with Gasteiger partial charge in [0.05, 0.1) is 19.9 Å². The highest BCUT2D eigenvalue weighted by molar-refractivity contribution is 5.87. The summed E-state index contributed by atoms with van der Waals surface area (Å²) in [4.78, 5) is 56.3. The number of methoxy groups -OCH3 is 2. The van der Waals surface area contributed by atoms with E-state index < -0.39 is 41.0 Å². The van der Waals surface area contributed by atoms with E-state index in [9.17, 15) is 19.2 Å². The molecule has 3 aromatic rings. The number of aromatic nitrogens is 1. The number of ether oxygens (including phenoxy) is 2. The predicted octanol–water partition coefficient (Wildman–Crippen LogP) is 5.24. The Bertz CT molecular complexity index is 1540. The largest absolute Gasteiger partial charge is 0.453 e. The Balaban J connectivity index is 1.90. The van der Waals surface area contributed by atoms with Gasteiger partial charge in [-0.1, -0.05) is 102 Å². The number of rotatable bonds is 14. The average Bonchev–Trinajstić information content (AvgIpc) is 3.08. The summed E-state index contributed by atoms with van der Waals surface area (Å²) in [6.45, 7) is 11.8. The molecule has 0 saturated heterocycles. The number of pyridine rings is 1. The number of benzene rings is 2. The molecule has 0 spiro atoms. The van der Waals surface area contributed by atoms with E-state index in [-0.39, 0.29) is 11.9 Å². The quantitative estimate of drug-likeness (QED) is 0.168. The molecule has 0 aliphatic heterocycles. The van der Waals surface area contributed by atoms with Gasteiger partial charge in [0.15, 0.2) is 0 Å². The van der Waals surface area contributed by atoms with Gasteiger partial charge in [0.2, 0.25) is 5.91 Å². The summed E-state index contributed by atoms with van der Waals surface area (Å²) in [5, 5.41) is 10.3. The zero-order valence-corrected chi connectivity index (χ0v) is 30.4. The van der Waals surface area contributed by atoms with E-state index in [2.05, 4.69) is 26.4 Å². The van der Waals surface area contributed by atoms with Gasteiger partial charge >= 0.3 is 12.2 Å². The highest BCUT2D eigenvalue weighted by atomic mass is 16.5. The van der Waals surface area contributed by atoms with Gasteiger partial charge < -0.3 is 25.4 Å². The molecule has 0 aliphatic carbocycles. The molecular weight excluding hydrogens is 636 g/mol. The summed E-state index contributed by atoms with van der Waals surface area (Å²) < 4.78 is 9.59. The van der Waals surface area contributed by atoms with Gasteiger partial charge in [0.1, 0.15) is 12.1 Å². The van der Waals surface area contributed by atoms with Crippen LogP contribution in [-0.2, 0) is 32.0 Å². The standard InChI is InChI=1S/C38H52N6O6/c1-37(2,3)31(41-35(47)49-7)33(45)40-29(24-26-14-10-9-11-15-26)21-23-44(43-34(46)32(38(4,5)6)42-36(48)50-8)25-27-17-19-28(20-18-27)30-16-12-13-22-39-30/h9-20,22,29,31-32H,21,23-25H2,1-8H3,(H,40,45)(H,41,47)(H,42,48)(H,43,46). The van der Waals surface area contributed by atoms with Crippen molar-refractivity contribution in [3.63, 3.8) is 0 Å². The summed E-state index contributed by atoms with van der Waals surface area (Å²) >= 11 is 0. The number of nitrogens with one attached hydrogen (secondary N) is 4. The molecule has 3 unspecified atom stereocenters. The predicted molar refractivity (Wildman–Crippen MR) is 192 cm³/mol. The first-order valence-electron chi connectivity index (χ1n) is 16.7. The Morgan fingerprint density at radius 3 is 1.78 bits per heavy atom. The first kappa shape index (κ1) is 39.5. The number of hydrogen-bond donors (Lipinski definition) is 4. The van der Waals surface area contributed by atoms with Gasteiger partial charge in [0.25, 0.3) is 5.91 Å². The monoisotopic (exact) mass is 688 g/mol. The molecule has 2 aromatic carbocycles. The minimum atomic E-state index is -0.902. The maximum atomic E-state index is 13.8. The van der Waals surface area contributed by atoms with Crippen molar-refractivity contribution >= 4 is 24.0 Å². The lowest BCUT2D eigenvalue weighted by Gasteiger charge is -2.34. The zero-order valence-electron chi connectivity index (χ0n) is 30.4.